The largest absolute Gasteiger partial charge is 0.394 e. The molecule has 0 aromatic heterocycles. The second kappa shape index (κ2) is 7.74. The Balaban J connectivity index is 2.43. The summed E-state index contributed by atoms with van der Waals surface area (Å²) in [5.74, 6) is 0.436. The number of hydrogen-bond acceptors (Lipinski definition) is 3. The van der Waals surface area contributed by atoms with E-state index in [1.165, 1.54) is 25.7 Å². The lowest BCUT2D eigenvalue weighted by molar-refractivity contribution is -0.125. The monoisotopic (exact) mass is 257 g/mol. The topological polar surface area (TPSA) is 69.6 Å². The van der Waals surface area contributed by atoms with Crippen molar-refractivity contribution in [2.45, 2.75) is 63.8 Å². The van der Waals surface area contributed by atoms with E-state index in [1.807, 2.05) is 6.92 Å². The van der Waals surface area contributed by atoms with E-state index in [9.17, 15) is 15.0 Å². The fourth-order valence-corrected chi connectivity index (χ4v) is 2.62. The Bertz CT molecular complexity index is 235. The van der Waals surface area contributed by atoms with Crippen LogP contribution < -0.4 is 5.32 Å². The molecule has 3 N–H and O–H groups in total. The highest BCUT2D eigenvalue weighted by Gasteiger charge is 2.29. The number of carbonyl (C=O) groups is 1. The molecule has 1 saturated carbocycles. The molecular formula is C14H27NO3. The average Bonchev–Trinajstić information content (AvgIpc) is 2.65. The molecule has 0 bridgehead atoms. The van der Waals surface area contributed by atoms with Gasteiger partial charge in [-0.3, -0.25) is 4.79 Å². The Morgan fingerprint density at radius 1 is 1.17 bits per heavy atom. The minimum atomic E-state index is -0.845. The molecule has 0 atom stereocenters. The fourth-order valence-electron chi connectivity index (χ4n) is 2.62. The number of carbonyl (C=O) groups excluding carboxylic acids is 1. The molecule has 1 fully saturated rings. The third-order valence-electron chi connectivity index (χ3n) is 4.14. The van der Waals surface area contributed by atoms with E-state index in [2.05, 4.69) is 5.32 Å². The van der Waals surface area contributed by atoms with Crippen molar-refractivity contribution < 1.29 is 15.0 Å². The van der Waals surface area contributed by atoms with Crippen molar-refractivity contribution >= 4 is 5.91 Å². The molecule has 1 aliphatic carbocycles. The van der Waals surface area contributed by atoms with Crippen LogP contribution in [-0.4, -0.2) is 34.9 Å². The smallest absolute Gasteiger partial charge is 0.220 e. The van der Waals surface area contributed by atoms with Gasteiger partial charge >= 0.3 is 0 Å². The van der Waals surface area contributed by atoms with Gasteiger partial charge in [-0.2, -0.15) is 0 Å². The number of rotatable bonds is 6. The van der Waals surface area contributed by atoms with Crippen LogP contribution in [0.2, 0.25) is 0 Å². The molecule has 1 aliphatic rings. The van der Waals surface area contributed by atoms with E-state index in [1.54, 1.807) is 0 Å². The Kier molecular flexibility index (Phi) is 6.65. The Morgan fingerprint density at radius 2 is 1.72 bits per heavy atom. The summed E-state index contributed by atoms with van der Waals surface area (Å²) in [7, 11) is 0. The first kappa shape index (κ1) is 15.4. The Morgan fingerprint density at radius 3 is 2.17 bits per heavy atom. The molecule has 18 heavy (non-hydrogen) atoms. The third-order valence-corrected chi connectivity index (χ3v) is 4.14. The zero-order chi connectivity index (χ0) is 13.4. The van der Waals surface area contributed by atoms with Crippen molar-refractivity contribution in [3.8, 4) is 0 Å². The minimum absolute atomic E-state index is 0.0353. The van der Waals surface area contributed by atoms with Crippen molar-refractivity contribution in [1.29, 1.82) is 0 Å². The number of amides is 1. The summed E-state index contributed by atoms with van der Waals surface area (Å²) in [6, 6.07) is 0. The molecular weight excluding hydrogens is 230 g/mol. The predicted molar refractivity (Wildman–Crippen MR) is 71.1 cm³/mol. The molecule has 4 heteroatoms. The normalized spacial score (nSPS) is 18.4. The molecule has 1 amide bonds. The molecule has 0 aliphatic heterocycles. The number of hydrogen-bond donors (Lipinski definition) is 3. The molecule has 0 radical (unpaired) electrons. The second-order valence-electron chi connectivity index (χ2n) is 5.56. The lowest BCUT2D eigenvalue weighted by atomic mass is 9.94. The zero-order valence-corrected chi connectivity index (χ0v) is 11.5. The Labute approximate surface area is 110 Å². The maximum Gasteiger partial charge on any atom is 0.220 e. The second-order valence-corrected chi connectivity index (χ2v) is 5.56. The van der Waals surface area contributed by atoms with Crippen molar-refractivity contribution in [1.82, 2.24) is 5.32 Å². The standard InChI is InChI=1S/C14H27NO3/c1-2-14(10-16,11-17)15-13(18)9-12-7-5-3-4-6-8-12/h12,16-17H,2-11H2,1H3,(H,15,18). The quantitative estimate of drug-likeness (QED) is 0.633. The molecule has 4 nitrogen and oxygen atoms in total. The van der Waals surface area contributed by atoms with E-state index in [0.29, 0.717) is 18.8 Å². The molecule has 1 rings (SSSR count). The van der Waals surface area contributed by atoms with Crippen LogP contribution in [0.15, 0.2) is 0 Å². The van der Waals surface area contributed by atoms with E-state index in [0.717, 1.165) is 12.8 Å². The summed E-state index contributed by atoms with van der Waals surface area (Å²) in [5.41, 5.74) is -0.845. The highest BCUT2D eigenvalue weighted by atomic mass is 16.3. The molecule has 0 aromatic carbocycles. The average molecular weight is 257 g/mol. The van der Waals surface area contributed by atoms with Gasteiger partial charge in [0.2, 0.25) is 5.91 Å². The summed E-state index contributed by atoms with van der Waals surface area (Å²) >= 11 is 0. The molecule has 0 spiro atoms. The van der Waals surface area contributed by atoms with Gasteiger partial charge < -0.3 is 15.5 Å². The van der Waals surface area contributed by atoms with Gasteiger partial charge in [0.05, 0.1) is 18.8 Å². The summed E-state index contributed by atoms with van der Waals surface area (Å²) < 4.78 is 0. The van der Waals surface area contributed by atoms with Crippen LogP contribution in [0.3, 0.4) is 0 Å². The van der Waals surface area contributed by atoms with Gasteiger partial charge in [-0.15, -0.1) is 0 Å². The van der Waals surface area contributed by atoms with E-state index in [-0.39, 0.29) is 19.1 Å². The maximum atomic E-state index is 12.0. The maximum absolute atomic E-state index is 12.0. The van der Waals surface area contributed by atoms with Crippen LogP contribution in [0.25, 0.3) is 0 Å². The first-order valence-electron chi connectivity index (χ1n) is 7.18. The fraction of sp³-hybridized carbons (Fsp3) is 0.929. The third kappa shape index (κ3) is 4.58. The van der Waals surface area contributed by atoms with E-state index < -0.39 is 5.54 Å². The highest BCUT2D eigenvalue weighted by Crippen LogP contribution is 2.25. The minimum Gasteiger partial charge on any atom is -0.394 e. The van der Waals surface area contributed by atoms with Gasteiger partial charge in [-0.05, 0) is 25.2 Å². The van der Waals surface area contributed by atoms with Gasteiger partial charge in [0.15, 0.2) is 0 Å². The molecule has 0 unspecified atom stereocenters. The van der Waals surface area contributed by atoms with Crippen LogP contribution >= 0.6 is 0 Å². The Hall–Kier alpha value is -0.610. The molecule has 0 aromatic rings. The van der Waals surface area contributed by atoms with Crippen LogP contribution in [-0.2, 0) is 4.79 Å². The van der Waals surface area contributed by atoms with Gasteiger partial charge in [0, 0.05) is 6.42 Å². The summed E-state index contributed by atoms with van der Waals surface area (Å²) in [4.78, 5) is 12.0. The van der Waals surface area contributed by atoms with E-state index >= 15 is 0 Å². The van der Waals surface area contributed by atoms with Crippen LogP contribution in [0, 0.1) is 5.92 Å². The van der Waals surface area contributed by atoms with Gasteiger partial charge in [-0.25, -0.2) is 0 Å². The summed E-state index contributed by atoms with van der Waals surface area (Å²) in [6.07, 6.45) is 8.33. The lowest BCUT2D eigenvalue weighted by Crippen LogP contribution is -2.54. The van der Waals surface area contributed by atoms with Crippen molar-refractivity contribution in [2.24, 2.45) is 5.92 Å². The van der Waals surface area contributed by atoms with Crippen LogP contribution in [0.1, 0.15) is 58.3 Å². The summed E-state index contributed by atoms with van der Waals surface area (Å²) in [6.45, 7) is 1.44. The number of aliphatic hydroxyl groups excluding tert-OH is 2. The van der Waals surface area contributed by atoms with Crippen LogP contribution in [0.4, 0.5) is 0 Å². The van der Waals surface area contributed by atoms with Gasteiger partial charge in [0.25, 0.3) is 0 Å². The first-order valence-corrected chi connectivity index (χ1v) is 7.18. The summed E-state index contributed by atoms with van der Waals surface area (Å²) in [5, 5.41) is 21.4. The molecule has 0 saturated heterocycles. The number of nitrogens with one attached hydrogen (secondary N) is 1. The number of aliphatic hydroxyl groups is 2. The van der Waals surface area contributed by atoms with Crippen LogP contribution in [0.5, 0.6) is 0 Å². The van der Waals surface area contributed by atoms with Gasteiger partial charge in [0.1, 0.15) is 0 Å². The van der Waals surface area contributed by atoms with Crippen molar-refractivity contribution in [3.05, 3.63) is 0 Å². The SMILES string of the molecule is CCC(CO)(CO)NC(=O)CC1CCCCCC1. The van der Waals surface area contributed by atoms with Gasteiger partial charge in [-0.1, -0.05) is 32.6 Å². The lowest BCUT2D eigenvalue weighted by Gasteiger charge is -2.30. The van der Waals surface area contributed by atoms with Crippen molar-refractivity contribution in [3.63, 3.8) is 0 Å². The van der Waals surface area contributed by atoms with E-state index in [4.69, 9.17) is 0 Å². The zero-order valence-electron chi connectivity index (χ0n) is 11.5. The molecule has 106 valence electrons. The van der Waals surface area contributed by atoms with Crippen molar-refractivity contribution in [2.75, 3.05) is 13.2 Å². The first-order chi connectivity index (χ1) is 8.65. The molecule has 0 heterocycles. The highest BCUT2D eigenvalue weighted by molar-refractivity contribution is 5.77. The predicted octanol–water partition coefficient (Wildman–Crippen LogP) is 1.60.